The molecule has 3 saturated carbocycles. The van der Waals surface area contributed by atoms with Crippen molar-refractivity contribution in [1.29, 1.82) is 0 Å². The van der Waals surface area contributed by atoms with Crippen LogP contribution in [0.2, 0.25) is 0 Å². The van der Waals surface area contributed by atoms with Crippen LogP contribution in [0.15, 0.2) is 0 Å². The number of fused-ring (bicyclic) bond motifs is 2. The Bertz CT molecular complexity index is 225. The smallest absolute Gasteiger partial charge is 0.0581 e. The predicted molar refractivity (Wildman–Crippen MR) is 60.5 cm³/mol. The lowest BCUT2D eigenvalue weighted by Gasteiger charge is -2.35. The van der Waals surface area contributed by atoms with Crippen molar-refractivity contribution >= 4 is 0 Å². The molecule has 2 heteroatoms. The normalized spacial score (nSPS) is 48.2. The molecule has 2 bridgehead atoms. The van der Waals surface area contributed by atoms with Gasteiger partial charge in [0.15, 0.2) is 0 Å². The minimum Gasteiger partial charge on any atom is -0.378 e. The molecule has 86 valence electrons. The first-order valence-electron chi connectivity index (χ1n) is 6.66. The number of hydrogen-bond acceptors (Lipinski definition) is 2. The molecule has 3 aliphatic rings. The summed E-state index contributed by atoms with van der Waals surface area (Å²) in [5.41, 5.74) is 5.61. The molecule has 0 heterocycles. The molecule has 3 fully saturated rings. The van der Waals surface area contributed by atoms with E-state index in [2.05, 4.69) is 0 Å². The van der Waals surface area contributed by atoms with E-state index in [-0.39, 0.29) is 0 Å². The molecule has 0 saturated heterocycles. The summed E-state index contributed by atoms with van der Waals surface area (Å²) < 4.78 is 5.99. The van der Waals surface area contributed by atoms with Gasteiger partial charge in [-0.2, -0.15) is 0 Å². The van der Waals surface area contributed by atoms with Crippen LogP contribution in [0, 0.1) is 23.7 Å². The second-order valence-corrected chi connectivity index (χ2v) is 5.96. The van der Waals surface area contributed by atoms with Gasteiger partial charge in [0.2, 0.25) is 0 Å². The molecule has 3 atom stereocenters. The highest BCUT2D eigenvalue weighted by Crippen LogP contribution is 2.48. The summed E-state index contributed by atoms with van der Waals surface area (Å²) in [6, 6.07) is 0. The number of hydrogen-bond donors (Lipinski definition) is 1. The van der Waals surface area contributed by atoms with Crippen LogP contribution in [-0.4, -0.2) is 19.3 Å². The van der Waals surface area contributed by atoms with Gasteiger partial charge in [-0.3, -0.25) is 0 Å². The topological polar surface area (TPSA) is 35.2 Å². The van der Waals surface area contributed by atoms with Gasteiger partial charge in [0.1, 0.15) is 0 Å². The highest BCUT2D eigenvalue weighted by atomic mass is 16.5. The third-order valence-electron chi connectivity index (χ3n) is 4.96. The summed E-state index contributed by atoms with van der Waals surface area (Å²) in [5.74, 6) is 3.73. The SMILES string of the molecule is NCC1CC(OCC2CC3CCC2C3)C1. The average molecular weight is 209 g/mol. The van der Waals surface area contributed by atoms with Crippen molar-refractivity contribution in [3.8, 4) is 0 Å². The van der Waals surface area contributed by atoms with Gasteiger partial charge in [-0.15, -0.1) is 0 Å². The molecule has 2 nitrogen and oxygen atoms in total. The van der Waals surface area contributed by atoms with E-state index in [9.17, 15) is 0 Å². The largest absolute Gasteiger partial charge is 0.378 e. The highest BCUT2D eigenvalue weighted by molar-refractivity contribution is 4.90. The van der Waals surface area contributed by atoms with Gasteiger partial charge in [-0.25, -0.2) is 0 Å². The summed E-state index contributed by atoms with van der Waals surface area (Å²) in [6.07, 6.45) is 8.93. The summed E-state index contributed by atoms with van der Waals surface area (Å²) >= 11 is 0. The maximum Gasteiger partial charge on any atom is 0.0581 e. The van der Waals surface area contributed by atoms with Crippen molar-refractivity contribution in [2.45, 2.75) is 44.6 Å². The fraction of sp³-hybridized carbons (Fsp3) is 1.00. The van der Waals surface area contributed by atoms with Gasteiger partial charge in [0.05, 0.1) is 12.7 Å². The summed E-state index contributed by atoms with van der Waals surface area (Å²) in [4.78, 5) is 0. The predicted octanol–water partition coefficient (Wildman–Crippen LogP) is 2.18. The zero-order valence-corrected chi connectivity index (χ0v) is 9.53. The Labute approximate surface area is 92.6 Å². The zero-order valence-electron chi connectivity index (χ0n) is 9.53. The quantitative estimate of drug-likeness (QED) is 0.770. The summed E-state index contributed by atoms with van der Waals surface area (Å²) in [7, 11) is 0. The van der Waals surface area contributed by atoms with Gasteiger partial charge < -0.3 is 10.5 Å². The molecular formula is C13H23NO. The van der Waals surface area contributed by atoms with E-state index in [0.29, 0.717) is 6.10 Å². The van der Waals surface area contributed by atoms with Crippen LogP contribution in [0.4, 0.5) is 0 Å². The van der Waals surface area contributed by atoms with Crippen LogP contribution in [0.25, 0.3) is 0 Å². The Morgan fingerprint density at radius 2 is 1.93 bits per heavy atom. The Morgan fingerprint density at radius 3 is 2.53 bits per heavy atom. The highest BCUT2D eigenvalue weighted by Gasteiger charge is 2.40. The second kappa shape index (κ2) is 4.06. The van der Waals surface area contributed by atoms with Gasteiger partial charge in [-0.05, 0) is 62.3 Å². The first-order chi connectivity index (χ1) is 7.35. The Balaban J connectivity index is 1.37. The van der Waals surface area contributed by atoms with E-state index in [1.165, 1.54) is 38.5 Å². The molecule has 2 N–H and O–H groups in total. The maximum atomic E-state index is 5.99. The third-order valence-corrected chi connectivity index (χ3v) is 4.96. The Morgan fingerprint density at radius 1 is 1.07 bits per heavy atom. The third kappa shape index (κ3) is 1.94. The molecule has 0 spiro atoms. The van der Waals surface area contributed by atoms with Gasteiger partial charge in [-0.1, -0.05) is 6.42 Å². The van der Waals surface area contributed by atoms with Gasteiger partial charge >= 0.3 is 0 Å². The van der Waals surface area contributed by atoms with E-state index in [0.717, 1.165) is 36.8 Å². The van der Waals surface area contributed by atoms with Crippen LogP contribution in [0.3, 0.4) is 0 Å². The lowest BCUT2D eigenvalue weighted by atomic mass is 9.82. The van der Waals surface area contributed by atoms with Crippen LogP contribution < -0.4 is 5.73 Å². The van der Waals surface area contributed by atoms with Crippen LogP contribution in [-0.2, 0) is 4.74 Å². The number of nitrogens with two attached hydrogens (primary N) is 1. The average Bonchev–Trinajstić information content (AvgIpc) is 2.77. The van der Waals surface area contributed by atoms with Gasteiger partial charge in [0, 0.05) is 0 Å². The van der Waals surface area contributed by atoms with E-state index in [1.54, 1.807) is 0 Å². The lowest BCUT2D eigenvalue weighted by Crippen LogP contribution is -2.37. The number of ether oxygens (including phenoxy) is 1. The zero-order chi connectivity index (χ0) is 10.3. The molecule has 15 heavy (non-hydrogen) atoms. The van der Waals surface area contributed by atoms with Crippen molar-refractivity contribution in [1.82, 2.24) is 0 Å². The molecule has 3 unspecified atom stereocenters. The molecule has 0 aliphatic heterocycles. The van der Waals surface area contributed by atoms with E-state index in [4.69, 9.17) is 10.5 Å². The first-order valence-corrected chi connectivity index (χ1v) is 6.66. The first kappa shape index (κ1) is 10.1. The Kier molecular flexibility index (Phi) is 2.73. The summed E-state index contributed by atoms with van der Waals surface area (Å²) in [6.45, 7) is 1.90. The van der Waals surface area contributed by atoms with Crippen LogP contribution in [0.1, 0.15) is 38.5 Å². The lowest BCUT2D eigenvalue weighted by molar-refractivity contribution is -0.0491. The summed E-state index contributed by atoms with van der Waals surface area (Å²) in [5, 5.41) is 0. The molecule has 0 aromatic heterocycles. The Hall–Kier alpha value is -0.0800. The van der Waals surface area contributed by atoms with Crippen LogP contribution in [0.5, 0.6) is 0 Å². The molecule has 3 rings (SSSR count). The molecule has 0 aromatic carbocycles. The molecule has 0 radical (unpaired) electrons. The van der Waals surface area contributed by atoms with Gasteiger partial charge in [0.25, 0.3) is 0 Å². The van der Waals surface area contributed by atoms with Crippen molar-refractivity contribution in [3.05, 3.63) is 0 Å². The van der Waals surface area contributed by atoms with Crippen molar-refractivity contribution in [2.24, 2.45) is 29.4 Å². The fourth-order valence-electron chi connectivity index (χ4n) is 3.84. The second-order valence-electron chi connectivity index (χ2n) is 5.96. The minimum absolute atomic E-state index is 0.553. The van der Waals surface area contributed by atoms with Crippen LogP contribution >= 0.6 is 0 Å². The van der Waals surface area contributed by atoms with Crippen molar-refractivity contribution in [3.63, 3.8) is 0 Å². The van der Waals surface area contributed by atoms with E-state index in [1.807, 2.05) is 0 Å². The standard InChI is InChI=1S/C13H23NO/c14-7-10-5-13(6-10)15-8-12-4-9-1-2-11(12)3-9/h9-13H,1-8,14H2. The minimum atomic E-state index is 0.553. The van der Waals surface area contributed by atoms with Crippen molar-refractivity contribution < 1.29 is 4.74 Å². The molecular weight excluding hydrogens is 186 g/mol. The molecule has 0 amide bonds. The monoisotopic (exact) mass is 209 g/mol. The fourth-order valence-corrected chi connectivity index (χ4v) is 3.84. The number of rotatable bonds is 4. The molecule has 3 aliphatic carbocycles. The molecule has 0 aromatic rings. The van der Waals surface area contributed by atoms with E-state index < -0.39 is 0 Å². The maximum absolute atomic E-state index is 5.99. The van der Waals surface area contributed by atoms with E-state index >= 15 is 0 Å². The van der Waals surface area contributed by atoms with Crippen molar-refractivity contribution in [2.75, 3.05) is 13.2 Å².